The van der Waals surface area contributed by atoms with Crippen molar-refractivity contribution >= 4 is 35.6 Å². The number of carbonyl (C=O) groups is 6. The summed E-state index contributed by atoms with van der Waals surface area (Å²) in [5.74, 6) is -7.36. The van der Waals surface area contributed by atoms with E-state index in [1.54, 1.807) is 27.7 Å². The molecule has 5 unspecified atom stereocenters. The number of hydrogen-bond acceptors (Lipinski definition) is 7. The number of carboxylic acid groups (broad SMARTS) is 3. The van der Waals surface area contributed by atoms with E-state index < -0.39 is 78.6 Å². The summed E-state index contributed by atoms with van der Waals surface area (Å²) in [4.78, 5) is 71.0. The predicted molar refractivity (Wildman–Crippen MR) is 115 cm³/mol. The zero-order chi connectivity index (χ0) is 25.9. The topological polar surface area (TPSA) is 225 Å². The first-order valence-corrected chi connectivity index (χ1v) is 10.5. The molecule has 0 aliphatic rings. The molecule has 0 aromatic carbocycles. The highest BCUT2D eigenvalue weighted by Gasteiger charge is 2.33. The Labute approximate surface area is 191 Å². The van der Waals surface area contributed by atoms with E-state index in [1.165, 1.54) is 0 Å². The average molecular weight is 475 g/mol. The summed E-state index contributed by atoms with van der Waals surface area (Å²) in [5, 5.41) is 34.0. The molecule has 0 heterocycles. The van der Waals surface area contributed by atoms with Gasteiger partial charge >= 0.3 is 17.9 Å². The minimum absolute atomic E-state index is 0.0341. The summed E-state index contributed by atoms with van der Waals surface area (Å²) in [7, 11) is 0. The smallest absolute Gasteiger partial charge is 0.326 e. The molecular formula is C20H34N4O9. The summed E-state index contributed by atoms with van der Waals surface area (Å²) in [5.41, 5.74) is 5.45. The Morgan fingerprint density at radius 1 is 0.758 bits per heavy atom. The van der Waals surface area contributed by atoms with Gasteiger partial charge in [0.2, 0.25) is 17.7 Å². The average Bonchev–Trinajstić information content (AvgIpc) is 2.68. The van der Waals surface area contributed by atoms with E-state index in [0.717, 1.165) is 0 Å². The monoisotopic (exact) mass is 474 g/mol. The number of carbonyl (C=O) groups excluding carboxylic acids is 3. The Morgan fingerprint density at radius 2 is 1.27 bits per heavy atom. The molecule has 0 saturated heterocycles. The van der Waals surface area contributed by atoms with Crippen molar-refractivity contribution in [2.45, 2.75) is 77.5 Å². The van der Waals surface area contributed by atoms with Crippen LogP contribution in [-0.2, 0) is 28.8 Å². The first-order valence-electron chi connectivity index (χ1n) is 10.5. The van der Waals surface area contributed by atoms with Crippen LogP contribution in [0.1, 0.15) is 53.4 Å². The zero-order valence-corrected chi connectivity index (χ0v) is 19.2. The Kier molecular flexibility index (Phi) is 12.7. The fraction of sp³-hybridized carbons (Fsp3) is 0.700. The first-order chi connectivity index (χ1) is 15.2. The van der Waals surface area contributed by atoms with Gasteiger partial charge < -0.3 is 37.0 Å². The summed E-state index contributed by atoms with van der Waals surface area (Å²) in [6.07, 6.45) is -1.02. The number of nitrogens with two attached hydrogens (primary N) is 1. The van der Waals surface area contributed by atoms with Crippen molar-refractivity contribution in [1.82, 2.24) is 16.0 Å². The maximum absolute atomic E-state index is 12.8. The zero-order valence-electron chi connectivity index (χ0n) is 19.2. The van der Waals surface area contributed by atoms with Gasteiger partial charge in [0, 0.05) is 0 Å². The molecule has 0 aliphatic carbocycles. The molecule has 0 saturated carbocycles. The quantitative estimate of drug-likeness (QED) is 0.151. The largest absolute Gasteiger partial charge is 0.481 e. The molecule has 0 aromatic heterocycles. The molecule has 0 aromatic rings. The highest BCUT2D eigenvalue weighted by molar-refractivity contribution is 5.96. The molecule has 0 aliphatic heterocycles. The van der Waals surface area contributed by atoms with Gasteiger partial charge in [-0.3, -0.25) is 24.0 Å². The normalized spacial score (nSPS) is 15.5. The van der Waals surface area contributed by atoms with Gasteiger partial charge in [0.05, 0.1) is 18.9 Å². The van der Waals surface area contributed by atoms with Gasteiger partial charge in [-0.1, -0.05) is 34.1 Å². The van der Waals surface area contributed by atoms with E-state index in [9.17, 15) is 33.9 Å². The van der Waals surface area contributed by atoms with Crippen LogP contribution >= 0.6 is 0 Å². The second-order valence-electron chi connectivity index (χ2n) is 8.26. The Morgan fingerprint density at radius 3 is 1.70 bits per heavy atom. The summed E-state index contributed by atoms with van der Waals surface area (Å²) in [6.45, 7) is 6.94. The molecule has 13 nitrogen and oxygen atoms in total. The molecule has 3 amide bonds. The summed E-state index contributed by atoms with van der Waals surface area (Å²) >= 11 is 0. The maximum Gasteiger partial charge on any atom is 0.326 e. The van der Waals surface area contributed by atoms with Crippen molar-refractivity contribution in [2.24, 2.45) is 17.6 Å². The lowest BCUT2D eigenvalue weighted by Gasteiger charge is -2.28. The summed E-state index contributed by atoms with van der Waals surface area (Å²) < 4.78 is 0. The third-order valence-corrected chi connectivity index (χ3v) is 4.86. The van der Waals surface area contributed by atoms with Crippen molar-refractivity contribution in [3.8, 4) is 0 Å². The van der Waals surface area contributed by atoms with Crippen molar-refractivity contribution in [3.63, 3.8) is 0 Å². The minimum atomic E-state index is -1.64. The highest BCUT2D eigenvalue weighted by atomic mass is 16.4. The maximum atomic E-state index is 12.8. The van der Waals surface area contributed by atoms with Gasteiger partial charge in [0.15, 0.2) is 0 Å². The lowest BCUT2D eigenvalue weighted by atomic mass is 9.96. The van der Waals surface area contributed by atoms with Crippen LogP contribution in [0.4, 0.5) is 0 Å². The van der Waals surface area contributed by atoms with Crippen LogP contribution in [-0.4, -0.2) is 75.1 Å². The Balaban J connectivity index is 5.59. The van der Waals surface area contributed by atoms with E-state index in [0.29, 0.717) is 6.42 Å². The van der Waals surface area contributed by atoms with Crippen LogP contribution < -0.4 is 21.7 Å². The standard InChI is InChI=1S/C20H34N4O9/c1-5-10(4)16(19(31)23-13(20(32)33)6-9(2)3)24-18(30)12(8-15(27)28)22-17(29)11(21)7-14(25)26/h9-13,16H,5-8,21H2,1-4H3,(H,22,29)(H,23,31)(H,24,30)(H,25,26)(H,27,28)(H,32,33). The molecule has 33 heavy (non-hydrogen) atoms. The number of nitrogens with one attached hydrogen (secondary N) is 3. The number of amides is 3. The number of carboxylic acids is 3. The molecule has 0 fully saturated rings. The van der Waals surface area contributed by atoms with Crippen molar-refractivity contribution in [1.29, 1.82) is 0 Å². The number of hydrogen-bond donors (Lipinski definition) is 7. The molecule has 0 rings (SSSR count). The fourth-order valence-electron chi connectivity index (χ4n) is 2.85. The first kappa shape index (κ1) is 29.8. The molecule has 8 N–H and O–H groups in total. The van der Waals surface area contributed by atoms with Gasteiger partial charge in [-0.25, -0.2) is 4.79 Å². The van der Waals surface area contributed by atoms with Crippen molar-refractivity contribution in [3.05, 3.63) is 0 Å². The molecule has 188 valence electrons. The number of aliphatic carboxylic acids is 3. The summed E-state index contributed by atoms with van der Waals surface area (Å²) in [6, 6.07) is -5.56. The lowest BCUT2D eigenvalue weighted by molar-refractivity contribution is -0.144. The van der Waals surface area contributed by atoms with Crippen LogP contribution in [0.5, 0.6) is 0 Å². The van der Waals surface area contributed by atoms with Crippen LogP contribution in [0.15, 0.2) is 0 Å². The third kappa shape index (κ3) is 11.3. The van der Waals surface area contributed by atoms with E-state index in [4.69, 9.17) is 15.9 Å². The second-order valence-corrected chi connectivity index (χ2v) is 8.26. The van der Waals surface area contributed by atoms with E-state index in [2.05, 4.69) is 16.0 Å². The third-order valence-electron chi connectivity index (χ3n) is 4.86. The molecule has 5 atom stereocenters. The predicted octanol–water partition coefficient (Wildman–Crippen LogP) is -1.11. The SMILES string of the molecule is CCC(C)C(NC(=O)C(CC(=O)O)NC(=O)C(N)CC(=O)O)C(=O)NC(CC(C)C)C(=O)O. The Bertz CT molecular complexity index is 741. The Hall–Kier alpha value is -3.22. The molecule has 0 bridgehead atoms. The van der Waals surface area contributed by atoms with Crippen LogP contribution in [0.3, 0.4) is 0 Å². The highest BCUT2D eigenvalue weighted by Crippen LogP contribution is 2.11. The van der Waals surface area contributed by atoms with E-state index in [-0.39, 0.29) is 12.3 Å². The van der Waals surface area contributed by atoms with Crippen molar-refractivity contribution < 1.29 is 44.1 Å². The van der Waals surface area contributed by atoms with Gasteiger partial charge in [0.25, 0.3) is 0 Å². The minimum Gasteiger partial charge on any atom is -0.481 e. The molecule has 0 radical (unpaired) electrons. The second kappa shape index (κ2) is 14.0. The van der Waals surface area contributed by atoms with Crippen LogP contribution in [0.25, 0.3) is 0 Å². The van der Waals surface area contributed by atoms with E-state index >= 15 is 0 Å². The molecular weight excluding hydrogens is 440 g/mol. The number of rotatable bonds is 15. The van der Waals surface area contributed by atoms with Gasteiger partial charge in [-0.15, -0.1) is 0 Å². The van der Waals surface area contributed by atoms with Gasteiger partial charge in [-0.2, -0.15) is 0 Å². The van der Waals surface area contributed by atoms with Crippen LogP contribution in [0.2, 0.25) is 0 Å². The van der Waals surface area contributed by atoms with Crippen LogP contribution in [0, 0.1) is 11.8 Å². The van der Waals surface area contributed by atoms with E-state index in [1.807, 2.05) is 0 Å². The molecule has 13 heteroatoms. The van der Waals surface area contributed by atoms with Crippen molar-refractivity contribution in [2.75, 3.05) is 0 Å². The lowest BCUT2D eigenvalue weighted by Crippen LogP contribution is -2.59. The fourth-order valence-corrected chi connectivity index (χ4v) is 2.85. The van der Waals surface area contributed by atoms with Gasteiger partial charge in [-0.05, 0) is 18.3 Å². The van der Waals surface area contributed by atoms with Gasteiger partial charge in [0.1, 0.15) is 18.1 Å². The molecule has 0 spiro atoms.